The van der Waals surface area contributed by atoms with Crippen molar-refractivity contribution in [1.29, 1.82) is 5.26 Å². The Balaban J connectivity index is 1.55. The van der Waals surface area contributed by atoms with Gasteiger partial charge in [-0.15, -0.1) is 0 Å². The molecule has 8 nitrogen and oxygen atoms in total. The Hall–Kier alpha value is -2.52. The Labute approximate surface area is 205 Å². The van der Waals surface area contributed by atoms with Crippen molar-refractivity contribution in [3.8, 4) is 11.8 Å². The monoisotopic (exact) mass is 533 g/mol. The van der Waals surface area contributed by atoms with Crippen LogP contribution in [-0.4, -0.2) is 60.8 Å². The lowest BCUT2D eigenvalue weighted by atomic mass is 10.1. The fourth-order valence-electron chi connectivity index (χ4n) is 4.02. The van der Waals surface area contributed by atoms with E-state index in [1.165, 1.54) is 4.90 Å². The molecule has 0 radical (unpaired) electrons. The van der Waals surface area contributed by atoms with Gasteiger partial charge in [0.15, 0.2) is 15.9 Å². The number of halogens is 4. The summed E-state index contributed by atoms with van der Waals surface area (Å²) in [7, 11) is -4.16. The van der Waals surface area contributed by atoms with Crippen LogP contribution in [0.1, 0.15) is 39.0 Å². The number of rotatable bonds is 7. The summed E-state index contributed by atoms with van der Waals surface area (Å²) < 4.78 is 69.9. The maximum atomic E-state index is 13.4. The zero-order valence-corrected chi connectivity index (χ0v) is 20.2. The number of nitriles is 1. The second kappa shape index (κ2) is 8.85. The molecule has 0 bridgehead atoms. The molecule has 2 aliphatic carbocycles. The van der Waals surface area contributed by atoms with Gasteiger partial charge in [-0.05, 0) is 51.2 Å². The Morgan fingerprint density at radius 2 is 1.97 bits per heavy atom. The number of amides is 2. The summed E-state index contributed by atoms with van der Waals surface area (Å²) in [4.78, 5) is 26.7. The van der Waals surface area contributed by atoms with E-state index in [0.29, 0.717) is 25.7 Å². The van der Waals surface area contributed by atoms with Crippen LogP contribution in [0.3, 0.4) is 0 Å². The van der Waals surface area contributed by atoms with E-state index in [1.807, 2.05) is 6.07 Å². The molecule has 3 aliphatic rings. The molecular formula is C22H23ClF3N3O5S. The highest BCUT2D eigenvalue weighted by molar-refractivity contribution is 7.92. The summed E-state index contributed by atoms with van der Waals surface area (Å²) in [6.45, 7) is 0.584. The molecule has 190 valence electrons. The van der Waals surface area contributed by atoms with Crippen LogP contribution in [0.25, 0.3) is 0 Å². The Morgan fingerprint density at radius 1 is 1.31 bits per heavy atom. The van der Waals surface area contributed by atoms with Gasteiger partial charge >= 0.3 is 6.18 Å². The Bertz CT molecular complexity index is 1190. The van der Waals surface area contributed by atoms with Crippen molar-refractivity contribution in [3.05, 3.63) is 23.2 Å². The summed E-state index contributed by atoms with van der Waals surface area (Å²) >= 11 is 6.13. The fraction of sp³-hybridized carbons (Fsp3) is 0.591. The van der Waals surface area contributed by atoms with Gasteiger partial charge in [0.2, 0.25) is 11.8 Å². The lowest BCUT2D eigenvalue weighted by molar-refractivity contribution is -0.189. The molecule has 1 aliphatic heterocycles. The molecule has 1 saturated heterocycles. The van der Waals surface area contributed by atoms with Crippen LogP contribution < -0.4 is 10.1 Å². The number of nitrogens with one attached hydrogen (secondary N) is 1. The molecule has 4 rings (SSSR count). The van der Waals surface area contributed by atoms with Crippen molar-refractivity contribution in [1.82, 2.24) is 10.2 Å². The number of hydrogen-bond donors (Lipinski definition) is 1. The van der Waals surface area contributed by atoms with Gasteiger partial charge in [-0.3, -0.25) is 9.59 Å². The minimum absolute atomic E-state index is 0.187. The molecule has 2 amide bonds. The van der Waals surface area contributed by atoms with Gasteiger partial charge in [-0.2, -0.15) is 18.4 Å². The van der Waals surface area contributed by atoms with Gasteiger partial charge in [-0.1, -0.05) is 11.6 Å². The summed E-state index contributed by atoms with van der Waals surface area (Å²) in [5.74, 6) is -1.39. The van der Waals surface area contributed by atoms with Gasteiger partial charge in [0.25, 0.3) is 0 Å². The number of likely N-dealkylation sites (tertiary alicyclic amines) is 1. The largest absolute Gasteiger partial charge is 0.481 e. The normalized spacial score (nSPS) is 24.4. The van der Waals surface area contributed by atoms with Crippen LogP contribution in [0.2, 0.25) is 5.02 Å². The number of hydrogen-bond acceptors (Lipinski definition) is 6. The number of carbonyl (C=O) groups is 2. The van der Waals surface area contributed by atoms with Gasteiger partial charge in [0.1, 0.15) is 17.3 Å². The number of benzene rings is 1. The van der Waals surface area contributed by atoms with E-state index in [2.05, 4.69) is 5.32 Å². The maximum Gasteiger partial charge on any atom is 0.425 e. The average Bonchev–Trinajstić information content (AvgIpc) is 3.70. The summed E-state index contributed by atoms with van der Waals surface area (Å²) in [5.41, 5.74) is -0.977. The quantitative estimate of drug-likeness (QED) is 0.576. The maximum absolute atomic E-state index is 13.4. The number of sulfone groups is 1. The van der Waals surface area contributed by atoms with Crippen LogP contribution in [-0.2, 0) is 19.4 Å². The van der Waals surface area contributed by atoms with E-state index in [-0.39, 0.29) is 40.5 Å². The number of carbonyl (C=O) groups excluding carboxylic acids is 2. The topological polar surface area (TPSA) is 117 Å². The third-order valence-corrected chi connectivity index (χ3v) is 9.14. The zero-order chi connectivity index (χ0) is 25.8. The minimum atomic E-state index is -4.61. The first kappa shape index (κ1) is 25.6. The van der Waals surface area contributed by atoms with Crippen LogP contribution >= 0.6 is 11.6 Å². The van der Waals surface area contributed by atoms with Crippen molar-refractivity contribution >= 4 is 33.3 Å². The Morgan fingerprint density at radius 3 is 2.49 bits per heavy atom. The van der Waals surface area contributed by atoms with E-state index in [1.54, 1.807) is 0 Å². The average molecular weight is 534 g/mol. The van der Waals surface area contributed by atoms with Crippen LogP contribution in [0, 0.1) is 17.2 Å². The summed E-state index contributed by atoms with van der Waals surface area (Å²) in [5, 5.41) is 10.4. The molecule has 3 fully saturated rings. The smallest absolute Gasteiger partial charge is 0.425 e. The van der Waals surface area contributed by atoms with Crippen molar-refractivity contribution in [2.75, 3.05) is 6.54 Å². The molecule has 1 aromatic rings. The predicted octanol–water partition coefficient (Wildman–Crippen LogP) is 3.00. The van der Waals surface area contributed by atoms with Crippen molar-refractivity contribution in [2.45, 2.75) is 73.0 Å². The highest BCUT2D eigenvalue weighted by Crippen LogP contribution is 2.39. The van der Waals surface area contributed by atoms with E-state index >= 15 is 0 Å². The molecule has 2 saturated carbocycles. The van der Waals surface area contributed by atoms with Gasteiger partial charge in [0.05, 0.1) is 21.2 Å². The second-order valence-electron chi connectivity index (χ2n) is 9.26. The lowest BCUT2D eigenvalue weighted by Gasteiger charge is -2.24. The van der Waals surface area contributed by atoms with Crippen molar-refractivity contribution < 1.29 is 35.9 Å². The minimum Gasteiger partial charge on any atom is -0.481 e. The first-order chi connectivity index (χ1) is 16.3. The number of nitrogens with zero attached hydrogens (tertiary/aromatic N) is 2. The van der Waals surface area contributed by atoms with E-state index in [4.69, 9.17) is 16.3 Å². The number of alkyl halides is 3. The highest BCUT2D eigenvalue weighted by atomic mass is 35.5. The molecule has 0 unspecified atom stereocenters. The molecule has 3 atom stereocenters. The van der Waals surface area contributed by atoms with Crippen molar-refractivity contribution in [3.63, 3.8) is 0 Å². The van der Waals surface area contributed by atoms with Gasteiger partial charge < -0.3 is 15.0 Å². The third-order valence-electron chi connectivity index (χ3n) is 6.52. The van der Waals surface area contributed by atoms with Crippen LogP contribution in [0.4, 0.5) is 13.2 Å². The van der Waals surface area contributed by atoms with Gasteiger partial charge in [0, 0.05) is 18.5 Å². The molecular weight excluding hydrogens is 511 g/mol. The molecule has 35 heavy (non-hydrogen) atoms. The third kappa shape index (κ3) is 5.21. The SMILES string of the molecule is C[C@H](Oc1ccc(S(=O)(=O)[C@@H]2C[C@@H](C(=O)NC3(C#N)CC3)N(C(=O)C3CC3)C2)c(Cl)c1)C(F)(F)F. The lowest BCUT2D eigenvalue weighted by Crippen LogP contribution is -2.49. The van der Waals surface area contributed by atoms with Crippen LogP contribution in [0.15, 0.2) is 23.1 Å². The van der Waals surface area contributed by atoms with E-state index < -0.39 is 44.9 Å². The van der Waals surface area contributed by atoms with Gasteiger partial charge in [-0.25, -0.2) is 8.42 Å². The summed E-state index contributed by atoms with van der Waals surface area (Å²) in [6.07, 6.45) is -4.64. The van der Waals surface area contributed by atoms with E-state index in [9.17, 15) is 36.4 Å². The summed E-state index contributed by atoms with van der Waals surface area (Å²) in [6, 6.07) is 4.12. The molecule has 0 aromatic heterocycles. The second-order valence-corrected chi connectivity index (χ2v) is 11.9. The standard InChI is InChI=1S/C22H23ClF3N3O5S/c1-12(22(24,25)26)34-14-4-5-18(16(23)8-14)35(32,33)15-9-17(19(30)28-21(11-27)6-7-21)29(10-15)20(31)13-2-3-13/h4-5,8,12-13,15,17H,2-3,6-7,9-10H2,1H3,(H,28,30)/t12-,15+,17-/m0/s1. The predicted molar refractivity (Wildman–Crippen MR) is 117 cm³/mol. The molecule has 1 aromatic carbocycles. The van der Waals surface area contributed by atoms with Crippen molar-refractivity contribution in [2.24, 2.45) is 5.92 Å². The first-order valence-corrected chi connectivity index (χ1v) is 13.0. The zero-order valence-electron chi connectivity index (χ0n) is 18.6. The first-order valence-electron chi connectivity index (χ1n) is 11.1. The molecule has 1 heterocycles. The molecule has 0 spiro atoms. The highest BCUT2D eigenvalue weighted by Gasteiger charge is 2.52. The number of ether oxygens (including phenoxy) is 1. The molecule has 13 heteroatoms. The molecule has 1 N–H and O–H groups in total. The Kier molecular flexibility index (Phi) is 6.47. The fourth-order valence-corrected chi connectivity index (χ4v) is 6.26. The van der Waals surface area contributed by atoms with E-state index in [0.717, 1.165) is 25.1 Å². The van der Waals surface area contributed by atoms with Crippen LogP contribution in [0.5, 0.6) is 5.75 Å².